The minimum atomic E-state index is -0.598. The predicted molar refractivity (Wildman–Crippen MR) is 91.4 cm³/mol. The number of anilines is 2. The van der Waals surface area contributed by atoms with E-state index in [1.807, 2.05) is 19.9 Å². The average molecular weight is 328 g/mol. The molecule has 0 radical (unpaired) electrons. The van der Waals surface area contributed by atoms with Gasteiger partial charge in [-0.25, -0.2) is 14.4 Å². The van der Waals surface area contributed by atoms with Gasteiger partial charge in [-0.3, -0.25) is 4.79 Å². The molecule has 0 spiro atoms. The number of aromatic nitrogens is 2. The van der Waals surface area contributed by atoms with Crippen LogP contribution in [0.3, 0.4) is 0 Å². The van der Waals surface area contributed by atoms with E-state index in [-0.39, 0.29) is 11.6 Å². The molecule has 5 nitrogen and oxygen atoms in total. The molecule has 1 aliphatic heterocycles. The predicted octanol–water partition coefficient (Wildman–Crippen LogP) is 3.17. The number of aryl methyl sites for hydroxylation is 1. The number of rotatable bonds is 3. The summed E-state index contributed by atoms with van der Waals surface area (Å²) < 4.78 is 13.8. The van der Waals surface area contributed by atoms with Gasteiger partial charge in [0.05, 0.1) is 11.1 Å². The van der Waals surface area contributed by atoms with Crippen molar-refractivity contribution >= 4 is 17.4 Å². The Morgan fingerprint density at radius 2 is 2.12 bits per heavy atom. The molecule has 126 valence electrons. The number of para-hydroxylation sites is 1. The molecule has 6 heteroatoms. The lowest BCUT2D eigenvalue weighted by atomic mass is 9.81. The largest absolute Gasteiger partial charge is 0.355 e. The van der Waals surface area contributed by atoms with Gasteiger partial charge >= 0.3 is 0 Å². The number of amides is 1. The van der Waals surface area contributed by atoms with Crippen molar-refractivity contribution in [1.29, 1.82) is 0 Å². The molecule has 2 heterocycles. The zero-order chi connectivity index (χ0) is 17.2. The lowest BCUT2D eigenvalue weighted by Crippen LogP contribution is -2.48. The molecule has 1 N–H and O–H groups in total. The van der Waals surface area contributed by atoms with Gasteiger partial charge in [-0.2, -0.15) is 0 Å². The molecule has 0 saturated carbocycles. The molecule has 1 unspecified atom stereocenters. The fourth-order valence-corrected chi connectivity index (χ4v) is 3.07. The molecule has 1 fully saturated rings. The van der Waals surface area contributed by atoms with Crippen LogP contribution in [0.25, 0.3) is 0 Å². The molecule has 0 aliphatic carbocycles. The topological polar surface area (TPSA) is 58.1 Å². The lowest BCUT2D eigenvalue weighted by Gasteiger charge is -2.39. The summed E-state index contributed by atoms with van der Waals surface area (Å²) in [6.07, 6.45) is 3.17. The molecular formula is C18H21FN4O. The number of nitrogens with zero attached hydrogens (tertiary/aromatic N) is 3. The first-order chi connectivity index (χ1) is 11.5. The Morgan fingerprint density at radius 3 is 2.88 bits per heavy atom. The summed E-state index contributed by atoms with van der Waals surface area (Å²) in [5.41, 5.74) is 0.515. The summed E-state index contributed by atoms with van der Waals surface area (Å²) >= 11 is 0. The monoisotopic (exact) mass is 328 g/mol. The number of hydrogen-bond acceptors (Lipinski definition) is 4. The van der Waals surface area contributed by atoms with Gasteiger partial charge in [0.2, 0.25) is 5.91 Å². The molecule has 24 heavy (non-hydrogen) atoms. The number of carbonyl (C=O) groups is 1. The number of benzene rings is 1. The van der Waals surface area contributed by atoms with Gasteiger partial charge in [0.25, 0.3) is 0 Å². The molecular weight excluding hydrogens is 307 g/mol. The highest BCUT2D eigenvalue weighted by molar-refractivity contribution is 5.95. The van der Waals surface area contributed by atoms with E-state index >= 15 is 0 Å². The molecule has 2 aromatic rings. The van der Waals surface area contributed by atoms with Gasteiger partial charge in [0.15, 0.2) is 0 Å². The van der Waals surface area contributed by atoms with Crippen LogP contribution < -0.4 is 10.2 Å². The quantitative estimate of drug-likeness (QED) is 0.940. The van der Waals surface area contributed by atoms with E-state index in [1.165, 1.54) is 12.4 Å². The van der Waals surface area contributed by atoms with Crippen LogP contribution in [-0.2, 0) is 4.79 Å². The summed E-state index contributed by atoms with van der Waals surface area (Å²) in [5, 5.41) is 2.73. The van der Waals surface area contributed by atoms with Gasteiger partial charge in [0, 0.05) is 24.8 Å². The standard InChI is InChI=1S/C18H21FN4O/c1-13-10-16(21-12-20-13)23-9-5-8-18(2,11-23)17(24)22-15-7-4-3-6-14(15)19/h3-4,6-7,10,12H,5,8-9,11H2,1-2H3,(H,22,24). The number of piperidine rings is 1. The van der Waals surface area contributed by atoms with E-state index in [1.54, 1.807) is 18.2 Å². The molecule has 1 aliphatic rings. The molecule has 1 aromatic carbocycles. The highest BCUT2D eigenvalue weighted by Gasteiger charge is 2.38. The van der Waals surface area contributed by atoms with Crippen LogP contribution in [0.2, 0.25) is 0 Å². The summed E-state index contributed by atoms with van der Waals surface area (Å²) in [6, 6.07) is 8.14. The summed E-state index contributed by atoms with van der Waals surface area (Å²) in [7, 11) is 0. The number of nitrogens with one attached hydrogen (secondary N) is 1. The van der Waals surface area contributed by atoms with Crippen LogP contribution in [0.1, 0.15) is 25.5 Å². The normalized spacial score (nSPS) is 20.7. The third kappa shape index (κ3) is 3.37. The van der Waals surface area contributed by atoms with E-state index in [2.05, 4.69) is 20.2 Å². The molecule has 3 rings (SSSR count). The van der Waals surface area contributed by atoms with Crippen molar-refractivity contribution in [3.63, 3.8) is 0 Å². The SMILES string of the molecule is Cc1cc(N2CCCC(C)(C(=O)Nc3ccccc3F)C2)ncn1. The van der Waals surface area contributed by atoms with Gasteiger partial charge in [-0.05, 0) is 38.8 Å². The van der Waals surface area contributed by atoms with E-state index in [0.717, 1.165) is 30.9 Å². The molecule has 1 atom stereocenters. The van der Waals surface area contributed by atoms with Gasteiger partial charge in [-0.1, -0.05) is 12.1 Å². The second-order valence-electron chi connectivity index (χ2n) is 6.54. The summed E-state index contributed by atoms with van der Waals surface area (Å²) in [6.45, 7) is 5.23. The Morgan fingerprint density at radius 1 is 1.33 bits per heavy atom. The van der Waals surface area contributed by atoms with Gasteiger partial charge < -0.3 is 10.2 Å². The van der Waals surface area contributed by atoms with Crippen molar-refractivity contribution in [2.24, 2.45) is 5.41 Å². The van der Waals surface area contributed by atoms with Crippen molar-refractivity contribution < 1.29 is 9.18 Å². The van der Waals surface area contributed by atoms with Gasteiger partial charge in [0.1, 0.15) is 18.0 Å². The van der Waals surface area contributed by atoms with Crippen molar-refractivity contribution in [3.8, 4) is 0 Å². The van der Waals surface area contributed by atoms with Crippen LogP contribution in [0.5, 0.6) is 0 Å². The fraction of sp³-hybridized carbons (Fsp3) is 0.389. The average Bonchev–Trinajstić information content (AvgIpc) is 2.57. The molecule has 1 amide bonds. The summed E-state index contributed by atoms with van der Waals surface area (Å²) in [5.74, 6) is 0.240. The Balaban J connectivity index is 1.76. The maximum Gasteiger partial charge on any atom is 0.232 e. The van der Waals surface area contributed by atoms with Crippen molar-refractivity contribution in [2.45, 2.75) is 26.7 Å². The van der Waals surface area contributed by atoms with E-state index in [9.17, 15) is 9.18 Å². The fourth-order valence-electron chi connectivity index (χ4n) is 3.07. The Hall–Kier alpha value is -2.50. The second kappa shape index (κ2) is 6.55. The van der Waals surface area contributed by atoms with Crippen LogP contribution in [0.15, 0.2) is 36.7 Å². The van der Waals surface area contributed by atoms with Crippen molar-refractivity contribution in [3.05, 3.63) is 48.2 Å². The molecule has 0 bridgehead atoms. The third-order valence-electron chi connectivity index (χ3n) is 4.48. The second-order valence-corrected chi connectivity index (χ2v) is 6.54. The maximum atomic E-state index is 13.8. The first-order valence-electron chi connectivity index (χ1n) is 8.07. The Labute approximate surface area is 140 Å². The van der Waals surface area contributed by atoms with E-state index in [0.29, 0.717) is 6.54 Å². The number of carbonyl (C=O) groups excluding carboxylic acids is 1. The van der Waals surface area contributed by atoms with Crippen molar-refractivity contribution in [2.75, 3.05) is 23.3 Å². The summed E-state index contributed by atoms with van der Waals surface area (Å²) in [4.78, 5) is 23.3. The minimum absolute atomic E-state index is 0.164. The zero-order valence-electron chi connectivity index (χ0n) is 13.9. The smallest absolute Gasteiger partial charge is 0.232 e. The van der Waals surface area contributed by atoms with E-state index in [4.69, 9.17) is 0 Å². The number of halogens is 1. The minimum Gasteiger partial charge on any atom is -0.355 e. The molecule has 1 saturated heterocycles. The number of hydrogen-bond donors (Lipinski definition) is 1. The third-order valence-corrected chi connectivity index (χ3v) is 4.48. The highest BCUT2D eigenvalue weighted by atomic mass is 19.1. The maximum absolute atomic E-state index is 13.8. The lowest BCUT2D eigenvalue weighted by molar-refractivity contribution is -0.125. The Bertz CT molecular complexity index is 751. The van der Waals surface area contributed by atoms with Crippen LogP contribution in [0.4, 0.5) is 15.9 Å². The highest BCUT2D eigenvalue weighted by Crippen LogP contribution is 2.33. The first kappa shape index (κ1) is 16.4. The van der Waals surface area contributed by atoms with Crippen LogP contribution in [-0.4, -0.2) is 29.0 Å². The van der Waals surface area contributed by atoms with E-state index < -0.39 is 11.2 Å². The van der Waals surface area contributed by atoms with Crippen LogP contribution in [0, 0.1) is 18.2 Å². The Kier molecular flexibility index (Phi) is 4.46. The van der Waals surface area contributed by atoms with Crippen LogP contribution >= 0.6 is 0 Å². The van der Waals surface area contributed by atoms with Gasteiger partial charge in [-0.15, -0.1) is 0 Å². The molecule has 1 aromatic heterocycles. The van der Waals surface area contributed by atoms with Crippen molar-refractivity contribution in [1.82, 2.24) is 9.97 Å². The zero-order valence-corrected chi connectivity index (χ0v) is 13.9. The first-order valence-corrected chi connectivity index (χ1v) is 8.07.